The van der Waals surface area contributed by atoms with Gasteiger partial charge in [0.05, 0.1) is 6.54 Å². The van der Waals surface area contributed by atoms with Crippen molar-refractivity contribution in [2.24, 2.45) is 5.92 Å². The summed E-state index contributed by atoms with van der Waals surface area (Å²) >= 11 is 0. The van der Waals surface area contributed by atoms with Crippen LogP contribution in [0.1, 0.15) is 24.8 Å². The third kappa shape index (κ3) is 5.43. The molecule has 0 aromatic heterocycles. The van der Waals surface area contributed by atoms with Gasteiger partial charge in [-0.15, -0.1) is 0 Å². The van der Waals surface area contributed by atoms with Crippen molar-refractivity contribution in [3.8, 4) is 0 Å². The lowest BCUT2D eigenvalue weighted by Crippen LogP contribution is -2.36. The number of carbonyl (C=O) groups is 1. The molecule has 2 rings (SSSR count). The summed E-state index contributed by atoms with van der Waals surface area (Å²) in [5.74, 6) is 1.03. The van der Waals surface area contributed by atoms with Crippen LogP contribution in [0.2, 0.25) is 0 Å². The Kier molecular flexibility index (Phi) is 5.40. The largest absolute Gasteiger partial charge is 0.345 e. The van der Waals surface area contributed by atoms with Gasteiger partial charge in [-0.3, -0.25) is 4.79 Å². The van der Waals surface area contributed by atoms with E-state index in [1.807, 2.05) is 18.0 Å². The van der Waals surface area contributed by atoms with Gasteiger partial charge in [-0.1, -0.05) is 30.3 Å². The number of amides is 1. The molecule has 1 aliphatic rings. The van der Waals surface area contributed by atoms with Crippen molar-refractivity contribution in [2.75, 3.05) is 26.7 Å². The molecule has 0 spiro atoms. The summed E-state index contributed by atoms with van der Waals surface area (Å²) in [7, 11) is 1.89. The van der Waals surface area contributed by atoms with Crippen LogP contribution >= 0.6 is 0 Å². The van der Waals surface area contributed by atoms with Crippen molar-refractivity contribution in [3.05, 3.63) is 35.9 Å². The first-order chi connectivity index (χ1) is 9.25. The molecule has 3 heteroatoms. The van der Waals surface area contributed by atoms with Crippen molar-refractivity contribution in [1.29, 1.82) is 0 Å². The van der Waals surface area contributed by atoms with Gasteiger partial charge in [-0.2, -0.15) is 0 Å². The van der Waals surface area contributed by atoms with E-state index in [0.29, 0.717) is 6.54 Å². The fraction of sp³-hybridized carbons (Fsp3) is 0.562. The normalized spacial score (nSPS) is 14.4. The van der Waals surface area contributed by atoms with E-state index in [1.165, 1.54) is 18.4 Å². The number of carbonyl (C=O) groups excluding carboxylic acids is 1. The Morgan fingerprint density at radius 1 is 1.32 bits per heavy atom. The molecule has 0 radical (unpaired) electrons. The standard InChI is InChI=1S/C16H24N2O/c1-18(16(19)13-17-12-15-9-10-15)11-5-8-14-6-3-2-4-7-14/h2-4,6-7,15,17H,5,8-13H2,1H3. The van der Waals surface area contributed by atoms with Crippen molar-refractivity contribution in [3.63, 3.8) is 0 Å². The van der Waals surface area contributed by atoms with Crippen molar-refractivity contribution < 1.29 is 4.79 Å². The predicted molar refractivity (Wildman–Crippen MR) is 78.0 cm³/mol. The van der Waals surface area contributed by atoms with Crippen LogP contribution in [0, 0.1) is 5.92 Å². The number of rotatable bonds is 8. The van der Waals surface area contributed by atoms with Gasteiger partial charge in [-0.25, -0.2) is 0 Å². The van der Waals surface area contributed by atoms with E-state index in [-0.39, 0.29) is 5.91 Å². The van der Waals surface area contributed by atoms with Gasteiger partial charge >= 0.3 is 0 Å². The highest BCUT2D eigenvalue weighted by molar-refractivity contribution is 5.77. The number of likely N-dealkylation sites (N-methyl/N-ethyl adjacent to an activating group) is 1. The highest BCUT2D eigenvalue weighted by Crippen LogP contribution is 2.27. The van der Waals surface area contributed by atoms with Crippen LogP contribution in [0.4, 0.5) is 0 Å². The molecule has 0 saturated heterocycles. The summed E-state index contributed by atoms with van der Waals surface area (Å²) in [6.07, 6.45) is 4.71. The lowest BCUT2D eigenvalue weighted by atomic mass is 10.1. The molecule has 0 unspecified atom stereocenters. The second kappa shape index (κ2) is 7.29. The van der Waals surface area contributed by atoms with Crippen LogP contribution in [-0.4, -0.2) is 37.5 Å². The van der Waals surface area contributed by atoms with E-state index in [9.17, 15) is 4.79 Å². The molecule has 1 aromatic carbocycles. The lowest BCUT2D eigenvalue weighted by Gasteiger charge is -2.17. The van der Waals surface area contributed by atoms with Crippen LogP contribution in [0.15, 0.2) is 30.3 Å². The predicted octanol–water partition coefficient (Wildman–Crippen LogP) is 2.08. The fourth-order valence-electron chi connectivity index (χ4n) is 2.13. The number of hydrogen-bond acceptors (Lipinski definition) is 2. The molecule has 0 atom stereocenters. The zero-order chi connectivity index (χ0) is 13.5. The minimum absolute atomic E-state index is 0.203. The van der Waals surface area contributed by atoms with Gasteiger partial charge in [0.15, 0.2) is 0 Å². The number of aryl methyl sites for hydroxylation is 1. The summed E-state index contributed by atoms with van der Waals surface area (Å²) in [6.45, 7) is 2.32. The van der Waals surface area contributed by atoms with Crippen molar-refractivity contribution >= 4 is 5.91 Å². The van der Waals surface area contributed by atoms with Crippen LogP contribution in [0.3, 0.4) is 0 Å². The summed E-state index contributed by atoms with van der Waals surface area (Å²) in [5, 5.41) is 3.24. The zero-order valence-electron chi connectivity index (χ0n) is 11.8. The molecule has 3 nitrogen and oxygen atoms in total. The van der Waals surface area contributed by atoms with E-state index in [0.717, 1.165) is 31.8 Å². The SMILES string of the molecule is CN(CCCc1ccccc1)C(=O)CNCC1CC1. The van der Waals surface area contributed by atoms with E-state index < -0.39 is 0 Å². The first-order valence-corrected chi connectivity index (χ1v) is 7.24. The van der Waals surface area contributed by atoms with Gasteiger partial charge in [0.25, 0.3) is 0 Å². The summed E-state index contributed by atoms with van der Waals surface area (Å²) in [5.41, 5.74) is 1.34. The third-order valence-corrected chi connectivity index (χ3v) is 3.63. The van der Waals surface area contributed by atoms with E-state index in [4.69, 9.17) is 0 Å². The Hall–Kier alpha value is -1.35. The Bertz CT molecular complexity index is 387. The quantitative estimate of drug-likeness (QED) is 0.776. The van der Waals surface area contributed by atoms with Crippen molar-refractivity contribution in [1.82, 2.24) is 10.2 Å². The molecule has 0 aliphatic heterocycles. The molecule has 1 saturated carbocycles. The lowest BCUT2D eigenvalue weighted by molar-refractivity contribution is -0.129. The van der Waals surface area contributed by atoms with Crippen LogP contribution in [0.25, 0.3) is 0 Å². The van der Waals surface area contributed by atoms with Crippen molar-refractivity contribution in [2.45, 2.75) is 25.7 Å². The maximum Gasteiger partial charge on any atom is 0.236 e. The fourth-order valence-corrected chi connectivity index (χ4v) is 2.13. The molecule has 1 N–H and O–H groups in total. The second-order valence-electron chi connectivity index (χ2n) is 5.48. The van der Waals surface area contributed by atoms with Gasteiger partial charge < -0.3 is 10.2 Å². The number of nitrogens with zero attached hydrogens (tertiary/aromatic N) is 1. The molecule has 19 heavy (non-hydrogen) atoms. The minimum atomic E-state index is 0.203. The van der Waals surface area contributed by atoms with E-state index in [2.05, 4.69) is 29.6 Å². The van der Waals surface area contributed by atoms with Gasteiger partial charge in [0.1, 0.15) is 0 Å². The maximum atomic E-state index is 11.9. The topological polar surface area (TPSA) is 32.3 Å². The molecule has 1 fully saturated rings. The molecule has 1 aromatic rings. The molecular formula is C16H24N2O. The number of hydrogen-bond donors (Lipinski definition) is 1. The van der Waals surface area contributed by atoms with Gasteiger partial charge in [0, 0.05) is 13.6 Å². The molecule has 0 bridgehead atoms. The van der Waals surface area contributed by atoms with Gasteiger partial charge in [0.2, 0.25) is 5.91 Å². The van der Waals surface area contributed by atoms with Gasteiger partial charge in [-0.05, 0) is 43.7 Å². The first-order valence-electron chi connectivity index (χ1n) is 7.24. The highest BCUT2D eigenvalue weighted by Gasteiger charge is 2.20. The summed E-state index contributed by atoms with van der Waals surface area (Å²) in [4.78, 5) is 13.7. The molecule has 104 valence electrons. The number of benzene rings is 1. The summed E-state index contributed by atoms with van der Waals surface area (Å²) in [6, 6.07) is 10.4. The zero-order valence-corrected chi connectivity index (χ0v) is 11.8. The average Bonchev–Trinajstić information content (AvgIpc) is 3.24. The highest BCUT2D eigenvalue weighted by atomic mass is 16.2. The van der Waals surface area contributed by atoms with Crippen LogP contribution < -0.4 is 5.32 Å². The molecule has 1 amide bonds. The molecule has 1 aliphatic carbocycles. The second-order valence-corrected chi connectivity index (χ2v) is 5.48. The minimum Gasteiger partial charge on any atom is -0.345 e. The monoisotopic (exact) mass is 260 g/mol. The third-order valence-electron chi connectivity index (χ3n) is 3.63. The molecule has 0 heterocycles. The first kappa shape index (κ1) is 14.1. The van der Waals surface area contributed by atoms with E-state index >= 15 is 0 Å². The van der Waals surface area contributed by atoms with Crippen LogP contribution in [-0.2, 0) is 11.2 Å². The Morgan fingerprint density at radius 2 is 2.05 bits per heavy atom. The van der Waals surface area contributed by atoms with E-state index in [1.54, 1.807) is 0 Å². The maximum absolute atomic E-state index is 11.9. The Morgan fingerprint density at radius 3 is 2.74 bits per heavy atom. The Balaban J connectivity index is 1.57. The smallest absolute Gasteiger partial charge is 0.236 e. The Labute approximate surface area is 116 Å². The number of nitrogens with one attached hydrogen (secondary N) is 1. The average molecular weight is 260 g/mol. The van der Waals surface area contributed by atoms with Crippen LogP contribution in [0.5, 0.6) is 0 Å². The summed E-state index contributed by atoms with van der Waals surface area (Å²) < 4.78 is 0. The molecular weight excluding hydrogens is 236 g/mol.